The number of nitrogens with one attached hydrogen (secondary N) is 2. The molecule has 0 bridgehead atoms. The van der Waals surface area contributed by atoms with Crippen LogP contribution in [0.4, 0.5) is 25.0 Å². The SMILES string of the molecule is CC(C)(C)NC(=O)N(Cc1ccc(F)cc1)c1cccc(CC(=O)Nc2ccc(F)cc2)c1. The first-order valence-corrected chi connectivity index (χ1v) is 10.6. The molecular weight excluding hydrogens is 424 g/mol. The number of hydrogen-bond donors (Lipinski definition) is 2. The van der Waals surface area contributed by atoms with Crippen molar-refractivity contribution in [2.45, 2.75) is 39.3 Å². The van der Waals surface area contributed by atoms with Gasteiger partial charge in [-0.05, 0) is 80.4 Å². The van der Waals surface area contributed by atoms with Crippen LogP contribution in [0.2, 0.25) is 0 Å². The maximum Gasteiger partial charge on any atom is 0.322 e. The highest BCUT2D eigenvalue weighted by atomic mass is 19.1. The number of amides is 3. The largest absolute Gasteiger partial charge is 0.333 e. The first kappa shape index (κ1) is 23.9. The molecule has 0 saturated carbocycles. The number of anilines is 2. The van der Waals surface area contributed by atoms with Crippen molar-refractivity contribution in [1.82, 2.24) is 5.32 Å². The summed E-state index contributed by atoms with van der Waals surface area (Å²) in [5.74, 6) is -0.989. The Labute approximate surface area is 192 Å². The van der Waals surface area contributed by atoms with Crippen LogP contribution >= 0.6 is 0 Å². The Morgan fingerprint density at radius 1 is 0.848 bits per heavy atom. The second-order valence-electron chi connectivity index (χ2n) is 8.79. The molecule has 33 heavy (non-hydrogen) atoms. The first-order valence-electron chi connectivity index (χ1n) is 10.6. The maximum atomic E-state index is 13.3. The molecule has 3 amide bonds. The van der Waals surface area contributed by atoms with Crippen molar-refractivity contribution in [2.75, 3.05) is 10.2 Å². The van der Waals surface area contributed by atoms with E-state index in [2.05, 4.69) is 10.6 Å². The molecule has 0 aromatic heterocycles. The average molecular weight is 452 g/mol. The minimum Gasteiger partial charge on any atom is -0.333 e. The van der Waals surface area contributed by atoms with E-state index < -0.39 is 5.54 Å². The fourth-order valence-electron chi connectivity index (χ4n) is 3.20. The molecule has 0 fully saturated rings. The van der Waals surface area contributed by atoms with Gasteiger partial charge in [-0.2, -0.15) is 0 Å². The van der Waals surface area contributed by atoms with Gasteiger partial charge in [0.25, 0.3) is 0 Å². The number of hydrogen-bond acceptors (Lipinski definition) is 2. The number of urea groups is 1. The van der Waals surface area contributed by atoms with Crippen LogP contribution in [0, 0.1) is 11.6 Å². The summed E-state index contributed by atoms with van der Waals surface area (Å²) in [6.45, 7) is 5.89. The van der Waals surface area contributed by atoms with Crippen molar-refractivity contribution in [2.24, 2.45) is 0 Å². The summed E-state index contributed by atoms with van der Waals surface area (Å²) in [5, 5.41) is 5.68. The van der Waals surface area contributed by atoms with Gasteiger partial charge in [0.05, 0.1) is 13.0 Å². The summed E-state index contributed by atoms with van der Waals surface area (Å²) < 4.78 is 26.4. The van der Waals surface area contributed by atoms with Crippen LogP contribution in [-0.2, 0) is 17.8 Å². The van der Waals surface area contributed by atoms with Gasteiger partial charge in [-0.25, -0.2) is 13.6 Å². The summed E-state index contributed by atoms with van der Waals surface area (Å²) >= 11 is 0. The van der Waals surface area contributed by atoms with Gasteiger partial charge in [0.15, 0.2) is 0 Å². The third kappa shape index (κ3) is 7.42. The third-order valence-electron chi connectivity index (χ3n) is 4.70. The second-order valence-corrected chi connectivity index (χ2v) is 8.79. The van der Waals surface area contributed by atoms with Gasteiger partial charge in [0, 0.05) is 16.9 Å². The zero-order valence-corrected chi connectivity index (χ0v) is 18.9. The number of benzene rings is 3. The fraction of sp³-hybridized carbons (Fsp3) is 0.231. The van der Waals surface area contributed by atoms with E-state index in [1.807, 2.05) is 20.8 Å². The Kier molecular flexibility index (Phi) is 7.43. The van der Waals surface area contributed by atoms with Gasteiger partial charge < -0.3 is 10.6 Å². The minimum atomic E-state index is -0.454. The predicted molar refractivity (Wildman–Crippen MR) is 126 cm³/mol. The Bertz CT molecular complexity index is 1110. The molecule has 0 saturated heterocycles. The van der Waals surface area contributed by atoms with Crippen molar-refractivity contribution in [3.05, 3.63) is 95.6 Å². The van der Waals surface area contributed by atoms with Crippen LogP contribution in [-0.4, -0.2) is 17.5 Å². The van der Waals surface area contributed by atoms with Crippen molar-refractivity contribution >= 4 is 23.3 Å². The molecule has 0 aliphatic heterocycles. The Morgan fingerprint density at radius 3 is 2.06 bits per heavy atom. The first-order chi connectivity index (χ1) is 15.6. The number of rotatable bonds is 6. The minimum absolute atomic E-state index is 0.0799. The Hall–Kier alpha value is -3.74. The quantitative estimate of drug-likeness (QED) is 0.508. The van der Waals surface area contributed by atoms with Crippen LogP contribution in [0.3, 0.4) is 0 Å². The highest BCUT2D eigenvalue weighted by molar-refractivity contribution is 5.94. The summed E-state index contributed by atoms with van der Waals surface area (Å²) in [6.07, 6.45) is 0.0799. The lowest BCUT2D eigenvalue weighted by atomic mass is 10.1. The van der Waals surface area contributed by atoms with E-state index in [9.17, 15) is 18.4 Å². The van der Waals surface area contributed by atoms with Gasteiger partial charge in [-0.15, -0.1) is 0 Å². The molecule has 0 unspecified atom stereocenters. The van der Waals surface area contributed by atoms with Crippen LogP contribution in [0.1, 0.15) is 31.9 Å². The summed E-state index contributed by atoms with van der Waals surface area (Å²) in [6, 6.07) is 18.3. The molecule has 0 heterocycles. The topological polar surface area (TPSA) is 61.4 Å². The molecule has 5 nitrogen and oxygen atoms in total. The molecule has 0 atom stereocenters. The van der Waals surface area contributed by atoms with Gasteiger partial charge in [0.1, 0.15) is 11.6 Å². The van der Waals surface area contributed by atoms with Crippen LogP contribution in [0.5, 0.6) is 0 Å². The van der Waals surface area contributed by atoms with Crippen molar-refractivity contribution < 1.29 is 18.4 Å². The summed E-state index contributed by atoms with van der Waals surface area (Å²) in [4.78, 5) is 27.1. The molecule has 7 heteroatoms. The highest BCUT2D eigenvalue weighted by Gasteiger charge is 2.22. The molecule has 0 aliphatic rings. The number of halogens is 2. The zero-order valence-electron chi connectivity index (χ0n) is 18.9. The van der Waals surface area contributed by atoms with Crippen molar-refractivity contribution in [1.29, 1.82) is 0 Å². The lowest BCUT2D eigenvalue weighted by molar-refractivity contribution is -0.115. The van der Waals surface area contributed by atoms with Crippen LogP contribution in [0.25, 0.3) is 0 Å². The molecule has 3 rings (SSSR count). The summed E-state index contributed by atoms with van der Waals surface area (Å²) in [5.41, 5.74) is 2.12. The lowest BCUT2D eigenvalue weighted by Gasteiger charge is -2.29. The van der Waals surface area contributed by atoms with Gasteiger partial charge in [-0.1, -0.05) is 24.3 Å². The molecule has 0 aliphatic carbocycles. The third-order valence-corrected chi connectivity index (χ3v) is 4.70. The number of carbonyl (C=O) groups is 2. The van der Waals surface area contributed by atoms with Crippen LogP contribution < -0.4 is 15.5 Å². The predicted octanol–water partition coefficient (Wildman–Crippen LogP) is 5.66. The number of nitrogens with zero attached hydrogens (tertiary/aromatic N) is 1. The standard InChI is InChI=1S/C26H27F2N3O2/c1-26(2,3)30-25(33)31(17-18-7-9-20(27)10-8-18)23-6-4-5-19(15-23)16-24(32)29-22-13-11-21(28)12-14-22/h4-15H,16-17H2,1-3H3,(H,29,32)(H,30,33). The summed E-state index contributed by atoms with van der Waals surface area (Å²) in [7, 11) is 0. The van der Waals surface area contributed by atoms with Gasteiger partial charge in [-0.3, -0.25) is 9.69 Å². The molecular formula is C26H27F2N3O2. The molecule has 3 aromatic rings. The molecule has 172 valence electrons. The fourth-order valence-corrected chi connectivity index (χ4v) is 3.20. The van der Waals surface area contributed by atoms with E-state index in [0.29, 0.717) is 16.9 Å². The molecule has 0 radical (unpaired) electrons. The normalized spacial score (nSPS) is 11.1. The number of carbonyl (C=O) groups excluding carboxylic acids is 2. The maximum absolute atomic E-state index is 13.3. The van der Waals surface area contributed by atoms with E-state index in [1.54, 1.807) is 41.3 Å². The van der Waals surface area contributed by atoms with Crippen LogP contribution in [0.15, 0.2) is 72.8 Å². The van der Waals surface area contributed by atoms with Gasteiger partial charge in [0.2, 0.25) is 5.91 Å². The molecule has 3 aromatic carbocycles. The molecule has 2 N–H and O–H groups in total. The zero-order chi connectivity index (χ0) is 24.0. The van der Waals surface area contributed by atoms with Crippen molar-refractivity contribution in [3.8, 4) is 0 Å². The Balaban J connectivity index is 1.80. The van der Waals surface area contributed by atoms with E-state index in [0.717, 1.165) is 5.56 Å². The monoisotopic (exact) mass is 451 g/mol. The second kappa shape index (κ2) is 10.3. The van der Waals surface area contributed by atoms with Gasteiger partial charge >= 0.3 is 6.03 Å². The molecule has 0 spiro atoms. The lowest BCUT2D eigenvalue weighted by Crippen LogP contribution is -2.48. The van der Waals surface area contributed by atoms with Crippen molar-refractivity contribution in [3.63, 3.8) is 0 Å². The van der Waals surface area contributed by atoms with E-state index in [4.69, 9.17) is 0 Å². The highest BCUT2D eigenvalue weighted by Crippen LogP contribution is 2.21. The van der Waals surface area contributed by atoms with E-state index >= 15 is 0 Å². The smallest absolute Gasteiger partial charge is 0.322 e. The Morgan fingerprint density at radius 2 is 1.45 bits per heavy atom. The van der Waals surface area contributed by atoms with E-state index in [-0.39, 0.29) is 36.5 Å². The van der Waals surface area contributed by atoms with E-state index in [1.165, 1.54) is 36.4 Å². The average Bonchev–Trinajstić information content (AvgIpc) is 2.74.